The summed E-state index contributed by atoms with van der Waals surface area (Å²) in [5.74, 6) is 0.173. The summed E-state index contributed by atoms with van der Waals surface area (Å²) in [6, 6.07) is -0.194. The zero-order valence-electron chi connectivity index (χ0n) is 17.5. The molecule has 1 amide bonds. The van der Waals surface area contributed by atoms with E-state index >= 15 is 0 Å². The molecule has 2 N–H and O–H groups in total. The van der Waals surface area contributed by atoms with Crippen molar-refractivity contribution in [1.29, 1.82) is 0 Å². The third kappa shape index (κ3) is 5.56. The lowest BCUT2D eigenvalue weighted by atomic mass is 9.62. The number of carboxylic acid groups (broad SMARTS) is 1. The van der Waals surface area contributed by atoms with E-state index < -0.39 is 12.1 Å². The average Bonchev–Trinajstić information content (AvgIpc) is 3.26. The first-order chi connectivity index (χ1) is 14.3. The minimum atomic E-state index is -1.04. The Hall–Kier alpha value is -1.58. The second kappa shape index (κ2) is 10.2. The summed E-state index contributed by atoms with van der Waals surface area (Å²) in [5.41, 5.74) is 0.0257. The van der Waals surface area contributed by atoms with E-state index in [2.05, 4.69) is 18.8 Å². The van der Waals surface area contributed by atoms with Gasteiger partial charge in [-0.3, -0.25) is 4.90 Å². The number of thiazole rings is 1. The third-order valence-corrected chi connectivity index (χ3v) is 7.99. The number of amides is 1. The SMILES string of the molecule is CC(C)CCC1([C@H](O)/C=C/[C@H]2COC(=O)N2CCSc2nc(C(=O)O)cs2)CCC1. The molecule has 0 aromatic carbocycles. The maximum atomic E-state index is 12.1. The maximum absolute atomic E-state index is 12.1. The molecule has 166 valence electrons. The van der Waals surface area contributed by atoms with Crippen molar-refractivity contribution >= 4 is 35.2 Å². The van der Waals surface area contributed by atoms with Gasteiger partial charge in [-0.1, -0.05) is 50.6 Å². The molecule has 7 nitrogen and oxygen atoms in total. The van der Waals surface area contributed by atoms with Gasteiger partial charge in [-0.15, -0.1) is 11.3 Å². The number of aromatic carboxylic acids is 1. The summed E-state index contributed by atoms with van der Waals surface area (Å²) >= 11 is 2.70. The first-order valence-electron chi connectivity index (χ1n) is 10.4. The van der Waals surface area contributed by atoms with Crippen molar-refractivity contribution in [3.63, 3.8) is 0 Å². The average molecular weight is 455 g/mol. The van der Waals surface area contributed by atoms with Crippen LogP contribution in [0.1, 0.15) is 56.4 Å². The van der Waals surface area contributed by atoms with Gasteiger partial charge in [0.15, 0.2) is 10.0 Å². The van der Waals surface area contributed by atoms with Crippen LogP contribution in [0, 0.1) is 11.3 Å². The number of nitrogens with zero attached hydrogens (tertiary/aromatic N) is 2. The molecule has 1 aromatic heterocycles. The quantitative estimate of drug-likeness (QED) is 0.380. The van der Waals surface area contributed by atoms with Crippen LogP contribution in [0.3, 0.4) is 0 Å². The minimum absolute atomic E-state index is 0.0163. The predicted octanol–water partition coefficient (Wildman–Crippen LogP) is 4.28. The number of carbonyl (C=O) groups is 2. The Morgan fingerprint density at radius 3 is 2.87 bits per heavy atom. The molecule has 0 bridgehead atoms. The van der Waals surface area contributed by atoms with Gasteiger partial charge in [-0.25, -0.2) is 14.6 Å². The van der Waals surface area contributed by atoms with Gasteiger partial charge >= 0.3 is 12.1 Å². The number of rotatable bonds is 11. The number of hydrogen-bond donors (Lipinski definition) is 2. The molecule has 1 saturated carbocycles. The number of thioether (sulfide) groups is 1. The molecule has 2 atom stereocenters. The highest BCUT2D eigenvalue weighted by molar-refractivity contribution is 8.01. The number of cyclic esters (lactones) is 1. The van der Waals surface area contributed by atoms with Crippen molar-refractivity contribution in [2.75, 3.05) is 18.9 Å². The Balaban J connectivity index is 1.52. The monoisotopic (exact) mass is 454 g/mol. The lowest BCUT2D eigenvalue weighted by Crippen LogP contribution is -2.41. The van der Waals surface area contributed by atoms with Crippen LogP contribution in [0.15, 0.2) is 21.9 Å². The zero-order chi connectivity index (χ0) is 21.7. The Morgan fingerprint density at radius 2 is 2.27 bits per heavy atom. The minimum Gasteiger partial charge on any atom is -0.476 e. The highest BCUT2D eigenvalue weighted by atomic mass is 32.2. The van der Waals surface area contributed by atoms with E-state index in [0.29, 0.717) is 22.6 Å². The summed E-state index contributed by atoms with van der Waals surface area (Å²) in [6.45, 7) is 5.17. The molecule has 1 aromatic rings. The molecule has 2 fully saturated rings. The van der Waals surface area contributed by atoms with Gasteiger partial charge in [0.2, 0.25) is 0 Å². The number of ether oxygens (including phenoxy) is 1. The van der Waals surface area contributed by atoms with Crippen LogP contribution < -0.4 is 0 Å². The first-order valence-corrected chi connectivity index (χ1v) is 12.3. The van der Waals surface area contributed by atoms with E-state index in [1.165, 1.54) is 28.5 Å². The van der Waals surface area contributed by atoms with Gasteiger partial charge in [-0.2, -0.15) is 0 Å². The highest BCUT2D eigenvalue weighted by Gasteiger charge is 2.42. The van der Waals surface area contributed by atoms with Crippen molar-refractivity contribution in [3.05, 3.63) is 23.2 Å². The van der Waals surface area contributed by atoms with E-state index in [0.717, 1.165) is 32.1 Å². The van der Waals surface area contributed by atoms with Crippen molar-refractivity contribution in [2.24, 2.45) is 11.3 Å². The third-order valence-electron chi connectivity index (χ3n) is 5.98. The number of aliphatic hydroxyl groups is 1. The fourth-order valence-electron chi connectivity index (χ4n) is 3.87. The summed E-state index contributed by atoms with van der Waals surface area (Å²) in [7, 11) is 0. The fourth-order valence-corrected chi connectivity index (χ4v) is 5.68. The zero-order valence-corrected chi connectivity index (χ0v) is 19.1. The highest BCUT2D eigenvalue weighted by Crippen LogP contribution is 2.48. The molecule has 1 aliphatic carbocycles. The van der Waals surface area contributed by atoms with Crippen LogP contribution in [-0.2, 0) is 4.74 Å². The molecule has 30 heavy (non-hydrogen) atoms. The first kappa shape index (κ1) is 23.1. The predicted molar refractivity (Wildman–Crippen MR) is 117 cm³/mol. The van der Waals surface area contributed by atoms with Crippen LogP contribution in [0.4, 0.5) is 4.79 Å². The van der Waals surface area contributed by atoms with Crippen LogP contribution in [0.5, 0.6) is 0 Å². The molecular formula is C21H30N2O5S2. The normalized spacial score (nSPS) is 21.8. The van der Waals surface area contributed by atoms with Crippen LogP contribution in [0.25, 0.3) is 0 Å². The van der Waals surface area contributed by atoms with Crippen LogP contribution in [-0.4, -0.2) is 63.2 Å². The van der Waals surface area contributed by atoms with Gasteiger partial charge in [0.1, 0.15) is 6.61 Å². The van der Waals surface area contributed by atoms with Crippen molar-refractivity contribution in [3.8, 4) is 0 Å². The Morgan fingerprint density at radius 1 is 1.50 bits per heavy atom. The lowest BCUT2D eigenvalue weighted by Gasteiger charge is -2.45. The Kier molecular flexibility index (Phi) is 7.81. The molecule has 1 aliphatic heterocycles. The van der Waals surface area contributed by atoms with Crippen molar-refractivity contribution < 1.29 is 24.5 Å². The number of aliphatic hydroxyl groups excluding tert-OH is 1. The van der Waals surface area contributed by atoms with E-state index in [1.807, 2.05) is 12.2 Å². The number of carbonyl (C=O) groups excluding carboxylic acids is 1. The standard InChI is InChI=1S/C21H30N2O5S2/c1-14(2)6-9-21(7-3-8-21)17(24)5-4-15-12-28-20(27)23(15)10-11-29-19-22-16(13-30-19)18(25)26/h4-5,13-15,17,24H,3,6-12H2,1-2H3,(H,25,26)/b5-4+/t15-,17+/m0/s1. The summed E-state index contributed by atoms with van der Waals surface area (Å²) in [4.78, 5) is 28.7. The van der Waals surface area contributed by atoms with Gasteiger partial charge in [0.05, 0.1) is 12.1 Å². The Bertz CT molecular complexity index is 775. The largest absolute Gasteiger partial charge is 0.476 e. The van der Waals surface area contributed by atoms with Gasteiger partial charge < -0.3 is 14.9 Å². The summed E-state index contributed by atoms with van der Waals surface area (Å²) in [6.07, 6.45) is 8.31. The molecule has 1 saturated heterocycles. The van der Waals surface area contributed by atoms with E-state index in [9.17, 15) is 14.7 Å². The molecule has 3 rings (SSSR count). The van der Waals surface area contributed by atoms with E-state index in [1.54, 1.807) is 4.90 Å². The van der Waals surface area contributed by atoms with Crippen LogP contribution >= 0.6 is 23.1 Å². The topological polar surface area (TPSA) is 100.0 Å². The molecule has 0 unspecified atom stereocenters. The van der Waals surface area contributed by atoms with Gasteiger partial charge in [0, 0.05) is 17.7 Å². The molecule has 9 heteroatoms. The molecule has 0 spiro atoms. The second-order valence-electron chi connectivity index (χ2n) is 8.47. The molecule has 0 radical (unpaired) electrons. The summed E-state index contributed by atoms with van der Waals surface area (Å²) in [5, 5.41) is 21.3. The smallest absolute Gasteiger partial charge is 0.410 e. The lowest BCUT2D eigenvalue weighted by molar-refractivity contribution is -0.0164. The number of carboxylic acids is 1. The van der Waals surface area contributed by atoms with E-state index in [-0.39, 0.29) is 29.9 Å². The molecular weight excluding hydrogens is 424 g/mol. The maximum Gasteiger partial charge on any atom is 0.410 e. The Labute approximate surface area is 185 Å². The van der Waals surface area contributed by atoms with Crippen LogP contribution in [0.2, 0.25) is 0 Å². The van der Waals surface area contributed by atoms with E-state index in [4.69, 9.17) is 9.84 Å². The second-order valence-corrected chi connectivity index (χ2v) is 10.7. The number of hydrogen-bond acceptors (Lipinski definition) is 7. The summed E-state index contributed by atoms with van der Waals surface area (Å²) < 4.78 is 5.87. The van der Waals surface area contributed by atoms with Crippen molar-refractivity contribution in [2.45, 2.75) is 62.4 Å². The molecule has 2 aliphatic rings. The van der Waals surface area contributed by atoms with Crippen molar-refractivity contribution in [1.82, 2.24) is 9.88 Å². The van der Waals surface area contributed by atoms with Gasteiger partial charge in [-0.05, 0) is 30.6 Å². The van der Waals surface area contributed by atoms with Gasteiger partial charge in [0.25, 0.3) is 0 Å². The molecule has 2 heterocycles. The fraction of sp³-hybridized carbons (Fsp3) is 0.667. The number of aromatic nitrogens is 1.